The Labute approximate surface area is 129 Å². The van der Waals surface area contributed by atoms with Crippen LogP contribution in [-0.2, 0) is 12.8 Å². The molecule has 0 radical (unpaired) electrons. The number of hydrogen-bond acceptors (Lipinski definition) is 1. The highest BCUT2D eigenvalue weighted by Gasteiger charge is 2.29. The molecule has 0 aromatic heterocycles. The highest BCUT2D eigenvalue weighted by Crippen LogP contribution is 2.42. The molecule has 1 nitrogen and oxygen atoms in total. The van der Waals surface area contributed by atoms with Gasteiger partial charge in [0.15, 0.2) is 0 Å². The van der Waals surface area contributed by atoms with E-state index in [0.29, 0.717) is 10.9 Å². The molecule has 0 amide bonds. The molecule has 0 saturated carbocycles. The molecular formula is C17H16Cl2O. The highest BCUT2D eigenvalue weighted by atomic mass is 35.5. The lowest BCUT2D eigenvalue weighted by Gasteiger charge is -2.18. The highest BCUT2D eigenvalue weighted by molar-refractivity contribution is 6.33. The predicted octanol–water partition coefficient (Wildman–Crippen LogP) is 5.04. The van der Waals surface area contributed by atoms with Gasteiger partial charge in [-0.15, -0.1) is 11.6 Å². The van der Waals surface area contributed by atoms with Gasteiger partial charge in [-0.3, -0.25) is 0 Å². The van der Waals surface area contributed by atoms with Gasteiger partial charge in [0.05, 0.1) is 12.5 Å². The first-order valence-corrected chi connectivity index (χ1v) is 7.54. The number of rotatable bonds is 3. The lowest BCUT2D eigenvalue weighted by atomic mass is 9.96. The van der Waals surface area contributed by atoms with Crippen molar-refractivity contribution in [2.24, 2.45) is 5.92 Å². The van der Waals surface area contributed by atoms with E-state index >= 15 is 0 Å². The molecule has 1 aliphatic rings. The molecule has 0 heterocycles. The van der Waals surface area contributed by atoms with E-state index < -0.39 is 0 Å². The Bertz CT molecular complexity index is 599. The standard InChI is InChI=1S/C17H16Cl2O/c1-20-14-6-7-15(16(18)10-14)17(19)13-8-11-4-2-3-5-12(11)9-13/h2-7,10,13,17H,8-9H2,1H3. The van der Waals surface area contributed by atoms with Gasteiger partial charge in [0.2, 0.25) is 0 Å². The van der Waals surface area contributed by atoms with Crippen molar-refractivity contribution in [3.05, 3.63) is 64.2 Å². The van der Waals surface area contributed by atoms with Crippen molar-refractivity contribution in [2.75, 3.05) is 7.11 Å². The van der Waals surface area contributed by atoms with E-state index in [1.54, 1.807) is 7.11 Å². The maximum Gasteiger partial charge on any atom is 0.120 e. The van der Waals surface area contributed by atoms with E-state index in [1.807, 2.05) is 18.2 Å². The lowest BCUT2D eigenvalue weighted by Crippen LogP contribution is -2.08. The Morgan fingerprint density at radius 3 is 2.30 bits per heavy atom. The number of benzene rings is 2. The van der Waals surface area contributed by atoms with E-state index in [2.05, 4.69) is 24.3 Å². The summed E-state index contributed by atoms with van der Waals surface area (Å²) in [4.78, 5) is 0. The zero-order valence-electron chi connectivity index (χ0n) is 11.3. The fraction of sp³-hybridized carbons (Fsp3) is 0.294. The summed E-state index contributed by atoms with van der Waals surface area (Å²) < 4.78 is 5.18. The van der Waals surface area contributed by atoms with Crippen LogP contribution in [0.25, 0.3) is 0 Å². The van der Waals surface area contributed by atoms with Crippen LogP contribution < -0.4 is 4.74 Å². The number of fused-ring (bicyclic) bond motifs is 1. The van der Waals surface area contributed by atoms with Crippen LogP contribution in [0.15, 0.2) is 42.5 Å². The minimum atomic E-state index is -0.0687. The summed E-state index contributed by atoms with van der Waals surface area (Å²) in [6.07, 6.45) is 2.04. The maximum atomic E-state index is 6.68. The van der Waals surface area contributed by atoms with Crippen molar-refractivity contribution in [3.8, 4) is 5.75 Å². The summed E-state index contributed by atoms with van der Waals surface area (Å²) in [5.74, 6) is 1.16. The molecule has 0 fully saturated rings. The minimum Gasteiger partial charge on any atom is -0.497 e. The molecule has 1 atom stereocenters. The van der Waals surface area contributed by atoms with Crippen LogP contribution in [0, 0.1) is 5.92 Å². The topological polar surface area (TPSA) is 9.23 Å². The van der Waals surface area contributed by atoms with Gasteiger partial charge in [-0.05, 0) is 47.6 Å². The molecule has 0 N–H and O–H groups in total. The second-order valence-electron chi connectivity index (χ2n) is 5.23. The second kappa shape index (κ2) is 5.67. The van der Waals surface area contributed by atoms with Crippen LogP contribution in [0.4, 0.5) is 0 Å². The van der Waals surface area contributed by atoms with E-state index in [0.717, 1.165) is 24.2 Å². The Kier molecular flexibility index (Phi) is 3.91. The van der Waals surface area contributed by atoms with Gasteiger partial charge in [-0.2, -0.15) is 0 Å². The minimum absolute atomic E-state index is 0.0687. The molecule has 0 saturated heterocycles. The number of alkyl halides is 1. The first kappa shape index (κ1) is 13.8. The summed E-state index contributed by atoms with van der Waals surface area (Å²) >= 11 is 13.0. The molecule has 0 bridgehead atoms. The largest absolute Gasteiger partial charge is 0.497 e. The molecule has 0 aliphatic heterocycles. The molecule has 20 heavy (non-hydrogen) atoms. The summed E-state index contributed by atoms with van der Waals surface area (Å²) in [6, 6.07) is 14.3. The zero-order valence-corrected chi connectivity index (χ0v) is 12.8. The van der Waals surface area contributed by atoms with E-state index in [1.165, 1.54) is 11.1 Å². The summed E-state index contributed by atoms with van der Waals surface area (Å²) in [5.41, 5.74) is 3.81. The van der Waals surface area contributed by atoms with Gasteiger partial charge in [-0.1, -0.05) is 41.9 Å². The zero-order chi connectivity index (χ0) is 14.1. The maximum absolute atomic E-state index is 6.68. The van der Waals surface area contributed by atoms with Crippen molar-refractivity contribution in [1.29, 1.82) is 0 Å². The molecular weight excluding hydrogens is 291 g/mol. The van der Waals surface area contributed by atoms with Gasteiger partial charge in [-0.25, -0.2) is 0 Å². The van der Waals surface area contributed by atoms with E-state index in [9.17, 15) is 0 Å². The molecule has 2 aromatic rings. The van der Waals surface area contributed by atoms with E-state index in [-0.39, 0.29) is 5.38 Å². The third-order valence-corrected chi connectivity index (χ3v) is 4.92. The molecule has 0 spiro atoms. The van der Waals surface area contributed by atoms with Crippen LogP contribution >= 0.6 is 23.2 Å². The fourth-order valence-corrected chi connectivity index (χ4v) is 3.62. The van der Waals surface area contributed by atoms with Gasteiger partial charge in [0.25, 0.3) is 0 Å². The van der Waals surface area contributed by atoms with Crippen molar-refractivity contribution in [2.45, 2.75) is 18.2 Å². The number of ether oxygens (including phenoxy) is 1. The fourth-order valence-electron chi connectivity index (χ4n) is 2.91. The SMILES string of the molecule is COc1ccc(C(Cl)C2Cc3ccccc3C2)c(Cl)c1. The van der Waals surface area contributed by atoms with Gasteiger partial charge in [0, 0.05) is 5.02 Å². The van der Waals surface area contributed by atoms with E-state index in [4.69, 9.17) is 27.9 Å². The van der Waals surface area contributed by atoms with Crippen molar-refractivity contribution in [3.63, 3.8) is 0 Å². The molecule has 104 valence electrons. The number of methoxy groups -OCH3 is 1. The Morgan fingerprint density at radius 1 is 1.10 bits per heavy atom. The molecule has 1 aliphatic carbocycles. The van der Waals surface area contributed by atoms with Crippen molar-refractivity contribution < 1.29 is 4.74 Å². The van der Waals surface area contributed by atoms with Crippen LogP contribution in [0.1, 0.15) is 22.1 Å². The summed E-state index contributed by atoms with van der Waals surface area (Å²) in [5, 5.41) is 0.612. The van der Waals surface area contributed by atoms with Crippen LogP contribution in [0.2, 0.25) is 5.02 Å². The molecule has 2 aromatic carbocycles. The van der Waals surface area contributed by atoms with Crippen molar-refractivity contribution in [1.82, 2.24) is 0 Å². The van der Waals surface area contributed by atoms with Gasteiger partial charge >= 0.3 is 0 Å². The average molecular weight is 307 g/mol. The Hall–Kier alpha value is -1.18. The Morgan fingerprint density at radius 2 is 1.75 bits per heavy atom. The second-order valence-corrected chi connectivity index (χ2v) is 6.10. The molecule has 3 rings (SSSR count). The smallest absolute Gasteiger partial charge is 0.120 e. The van der Waals surface area contributed by atoms with Gasteiger partial charge < -0.3 is 4.74 Å². The van der Waals surface area contributed by atoms with Crippen molar-refractivity contribution >= 4 is 23.2 Å². The predicted molar refractivity (Wildman–Crippen MR) is 83.9 cm³/mol. The Balaban J connectivity index is 1.82. The summed E-state index contributed by atoms with van der Waals surface area (Å²) in [7, 11) is 1.64. The van der Waals surface area contributed by atoms with Gasteiger partial charge in [0.1, 0.15) is 5.75 Å². The first-order chi connectivity index (χ1) is 9.69. The molecule has 3 heteroatoms. The monoisotopic (exact) mass is 306 g/mol. The number of hydrogen-bond donors (Lipinski definition) is 0. The van der Waals surface area contributed by atoms with Crippen LogP contribution in [0.5, 0.6) is 5.75 Å². The molecule has 1 unspecified atom stereocenters. The quantitative estimate of drug-likeness (QED) is 0.722. The lowest BCUT2D eigenvalue weighted by molar-refractivity contribution is 0.414. The number of halogens is 2. The average Bonchev–Trinajstić information content (AvgIpc) is 2.90. The third-order valence-electron chi connectivity index (χ3n) is 4.00. The summed E-state index contributed by atoms with van der Waals surface area (Å²) in [6.45, 7) is 0. The first-order valence-electron chi connectivity index (χ1n) is 6.73. The third kappa shape index (κ3) is 2.53. The normalized spacial score (nSPS) is 15.9. The van der Waals surface area contributed by atoms with Crippen LogP contribution in [0.3, 0.4) is 0 Å². The van der Waals surface area contributed by atoms with Crippen LogP contribution in [-0.4, -0.2) is 7.11 Å².